The summed E-state index contributed by atoms with van der Waals surface area (Å²) in [5, 5.41) is 9.64. The molecule has 1 N–H and O–H groups in total. The van der Waals surface area contributed by atoms with E-state index >= 15 is 0 Å². The molecule has 1 amide bonds. The first-order valence-electron chi connectivity index (χ1n) is 7.29. The molecule has 0 saturated carbocycles. The van der Waals surface area contributed by atoms with Gasteiger partial charge in [0.25, 0.3) is 0 Å². The summed E-state index contributed by atoms with van der Waals surface area (Å²) in [7, 11) is 0. The van der Waals surface area contributed by atoms with Gasteiger partial charge in [-0.3, -0.25) is 9.69 Å². The lowest BCUT2D eigenvalue weighted by atomic mass is 9.97. The minimum Gasteiger partial charge on any atom is -0.392 e. The largest absolute Gasteiger partial charge is 0.392 e. The van der Waals surface area contributed by atoms with E-state index in [0.717, 1.165) is 32.2 Å². The fraction of sp³-hybridized carbons (Fsp3) is 0.929. The monoisotopic (exact) mass is 254 g/mol. The Morgan fingerprint density at radius 1 is 1.17 bits per heavy atom. The highest BCUT2D eigenvalue weighted by molar-refractivity contribution is 5.79. The van der Waals surface area contributed by atoms with Crippen LogP contribution in [0.1, 0.15) is 46.0 Å². The topological polar surface area (TPSA) is 43.8 Å². The maximum absolute atomic E-state index is 12.4. The Kier molecular flexibility index (Phi) is 4.62. The molecule has 0 aromatic carbocycles. The number of nitrogens with zero attached hydrogens (tertiary/aromatic N) is 2. The van der Waals surface area contributed by atoms with Crippen molar-refractivity contribution in [2.75, 3.05) is 19.6 Å². The Hall–Kier alpha value is -0.610. The van der Waals surface area contributed by atoms with Gasteiger partial charge < -0.3 is 10.0 Å². The van der Waals surface area contributed by atoms with E-state index in [-0.39, 0.29) is 12.0 Å². The number of hydrogen-bond acceptors (Lipinski definition) is 3. The summed E-state index contributed by atoms with van der Waals surface area (Å²) in [5.74, 6) is 0.240. The fourth-order valence-corrected chi connectivity index (χ4v) is 3.36. The zero-order chi connectivity index (χ0) is 13.1. The maximum atomic E-state index is 12.4. The van der Waals surface area contributed by atoms with Gasteiger partial charge in [-0.05, 0) is 52.5 Å². The molecule has 104 valence electrons. The molecule has 2 aliphatic heterocycles. The van der Waals surface area contributed by atoms with E-state index in [1.165, 1.54) is 6.42 Å². The summed E-state index contributed by atoms with van der Waals surface area (Å²) < 4.78 is 0. The minimum atomic E-state index is -0.247. The molecule has 4 heteroatoms. The second-order valence-electron chi connectivity index (χ2n) is 5.96. The molecule has 2 rings (SSSR count). The molecule has 2 fully saturated rings. The summed E-state index contributed by atoms with van der Waals surface area (Å²) in [5.41, 5.74) is 0. The van der Waals surface area contributed by atoms with Crippen molar-refractivity contribution in [1.29, 1.82) is 0 Å². The zero-order valence-electron chi connectivity index (χ0n) is 11.6. The highest BCUT2D eigenvalue weighted by atomic mass is 16.3. The molecule has 0 bridgehead atoms. The normalized spacial score (nSPS) is 34.6. The third-order valence-electron chi connectivity index (χ3n) is 4.32. The van der Waals surface area contributed by atoms with Crippen molar-refractivity contribution in [1.82, 2.24) is 9.80 Å². The number of amides is 1. The van der Waals surface area contributed by atoms with Crippen LogP contribution in [0.3, 0.4) is 0 Å². The third kappa shape index (κ3) is 3.23. The third-order valence-corrected chi connectivity index (χ3v) is 4.32. The molecule has 4 nitrogen and oxygen atoms in total. The molecule has 2 heterocycles. The number of aliphatic hydroxyl groups is 1. The van der Waals surface area contributed by atoms with Gasteiger partial charge in [-0.2, -0.15) is 0 Å². The first-order valence-corrected chi connectivity index (χ1v) is 7.29. The number of β-amino-alcohol motifs (C(OH)–C–C–N with tert-alkyl or cyclic N) is 1. The highest BCUT2D eigenvalue weighted by Crippen LogP contribution is 2.23. The summed E-state index contributed by atoms with van der Waals surface area (Å²) in [6.07, 6.45) is 5.11. The van der Waals surface area contributed by atoms with E-state index in [1.54, 1.807) is 0 Å². The van der Waals surface area contributed by atoms with Gasteiger partial charge in [0.2, 0.25) is 5.91 Å². The molecule has 0 radical (unpaired) electrons. The van der Waals surface area contributed by atoms with Gasteiger partial charge in [0, 0.05) is 18.6 Å². The molecular weight excluding hydrogens is 228 g/mol. The van der Waals surface area contributed by atoms with E-state index in [0.29, 0.717) is 25.2 Å². The fourth-order valence-electron chi connectivity index (χ4n) is 3.36. The van der Waals surface area contributed by atoms with Gasteiger partial charge >= 0.3 is 0 Å². The highest BCUT2D eigenvalue weighted by Gasteiger charge is 2.30. The number of aliphatic hydroxyl groups excluding tert-OH is 1. The Morgan fingerprint density at radius 3 is 2.44 bits per heavy atom. The first-order chi connectivity index (χ1) is 8.58. The maximum Gasteiger partial charge on any atom is 0.237 e. The minimum absolute atomic E-state index is 0.240. The average Bonchev–Trinajstić information content (AvgIpc) is 2.28. The van der Waals surface area contributed by atoms with Crippen molar-refractivity contribution in [3.8, 4) is 0 Å². The molecular formula is C14H26N2O2. The molecule has 0 spiro atoms. The molecule has 0 aromatic heterocycles. The molecule has 3 atom stereocenters. The van der Waals surface area contributed by atoms with Gasteiger partial charge in [0.1, 0.15) is 0 Å². The van der Waals surface area contributed by atoms with Crippen LogP contribution in [0.25, 0.3) is 0 Å². The van der Waals surface area contributed by atoms with Crippen LogP contribution < -0.4 is 0 Å². The second-order valence-corrected chi connectivity index (χ2v) is 5.96. The standard InChI is InChI=1S/C14H26N2O2/c1-11-5-3-6-12(2)16(11)14(18)10-15-8-4-7-13(17)9-15/h11-13,17H,3-10H2,1-2H3. The molecule has 0 aromatic rings. The first kappa shape index (κ1) is 13.8. The predicted octanol–water partition coefficient (Wildman–Crippen LogP) is 1.23. The van der Waals surface area contributed by atoms with E-state index in [4.69, 9.17) is 0 Å². The van der Waals surface area contributed by atoms with Gasteiger partial charge in [-0.15, -0.1) is 0 Å². The summed E-state index contributed by atoms with van der Waals surface area (Å²) in [6, 6.07) is 0.743. The lowest BCUT2D eigenvalue weighted by molar-refractivity contribution is -0.139. The lowest BCUT2D eigenvalue weighted by Crippen LogP contribution is -2.52. The van der Waals surface area contributed by atoms with Crippen molar-refractivity contribution in [3.63, 3.8) is 0 Å². The lowest BCUT2D eigenvalue weighted by Gasteiger charge is -2.40. The molecule has 2 saturated heterocycles. The van der Waals surface area contributed by atoms with Crippen LogP contribution in [0.5, 0.6) is 0 Å². The van der Waals surface area contributed by atoms with Crippen molar-refractivity contribution >= 4 is 5.91 Å². The Morgan fingerprint density at radius 2 is 1.83 bits per heavy atom. The smallest absolute Gasteiger partial charge is 0.237 e. The van der Waals surface area contributed by atoms with Gasteiger partial charge in [0.05, 0.1) is 12.6 Å². The predicted molar refractivity (Wildman–Crippen MR) is 71.3 cm³/mol. The number of carbonyl (C=O) groups excluding carboxylic acids is 1. The average molecular weight is 254 g/mol. The van der Waals surface area contributed by atoms with Crippen LogP contribution in [-0.4, -0.2) is 58.6 Å². The van der Waals surface area contributed by atoms with Crippen LogP contribution >= 0.6 is 0 Å². The number of carbonyl (C=O) groups is 1. The Balaban J connectivity index is 1.89. The summed E-state index contributed by atoms with van der Waals surface area (Å²) in [6.45, 7) is 6.38. The zero-order valence-corrected chi connectivity index (χ0v) is 11.6. The van der Waals surface area contributed by atoms with Crippen molar-refractivity contribution < 1.29 is 9.90 Å². The van der Waals surface area contributed by atoms with Crippen LogP contribution in [0.2, 0.25) is 0 Å². The van der Waals surface area contributed by atoms with Crippen LogP contribution in [0, 0.1) is 0 Å². The Bertz CT molecular complexity index is 286. The van der Waals surface area contributed by atoms with Gasteiger partial charge in [-0.25, -0.2) is 0 Å². The van der Waals surface area contributed by atoms with Crippen molar-refractivity contribution in [2.45, 2.75) is 64.1 Å². The van der Waals surface area contributed by atoms with Crippen LogP contribution in [0.15, 0.2) is 0 Å². The van der Waals surface area contributed by atoms with Crippen molar-refractivity contribution in [3.05, 3.63) is 0 Å². The Labute approximate surface area is 110 Å². The van der Waals surface area contributed by atoms with E-state index in [9.17, 15) is 9.90 Å². The molecule has 18 heavy (non-hydrogen) atoms. The van der Waals surface area contributed by atoms with E-state index in [2.05, 4.69) is 23.6 Å². The quantitative estimate of drug-likeness (QED) is 0.806. The van der Waals surface area contributed by atoms with E-state index in [1.807, 2.05) is 0 Å². The molecule has 0 aliphatic carbocycles. The second kappa shape index (κ2) is 6.02. The van der Waals surface area contributed by atoms with Crippen molar-refractivity contribution in [2.24, 2.45) is 0 Å². The molecule has 2 aliphatic rings. The number of hydrogen-bond donors (Lipinski definition) is 1. The van der Waals surface area contributed by atoms with Crippen LogP contribution in [0.4, 0.5) is 0 Å². The SMILES string of the molecule is CC1CCCC(C)N1C(=O)CN1CCCC(O)C1. The number of rotatable bonds is 2. The van der Waals surface area contributed by atoms with E-state index < -0.39 is 0 Å². The van der Waals surface area contributed by atoms with Crippen LogP contribution in [-0.2, 0) is 4.79 Å². The summed E-state index contributed by atoms with van der Waals surface area (Å²) >= 11 is 0. The summed E-state index contributed by atoms with van der Waals surface area (Å²) in [4.78, 5) is 16.6. The number of piperidine rings is 2. The number of likely N-dealkylation sites (tertiary alicyclic amines) is 2. The molecule has 3 unspecified atom stereocenters. The van der Waals surface area contributed by atoms with Gasteiger partial charge in [0.15, 0.2) is 0 Å². The van der Waals surface area contributed by atoms with Gasteiger partial charge in [-0.1, -0.05) is 0 Å².